The van der Waals surface area contributed by atoms with Crippen LogP contribution in [0.2, 0.25) is 0 Å². The Morgan fingerprint density at radius 2 is 1.88 bits per heavy atom. The van der Waals surface area contributed by atoms with Crippen LogP contribution in [0, 0.1) is 10.1 Å². The summed E-state index contributed by atoms with van der Waals surface area (Å²) in [5.41, 5.74) is 2.52. The Balaban J connectivity index is 1.62. The SMILES string of the molecule is Cn1ccc(CCc2cc([N+](=O)[O-])ccc2OCc2ccccc2)c(-c2nnn[nH]2)c1=O. The van der Waals surface area contributed by atoms with Crippen LogP contribution < -0.4 is 10.3 Å². The van der Waals surface area contributed by atoms with Crippen molar-refractivity contribution in [3.8, 4) is 17.1 Å². The molecule has 4 rings (SSSR count). The number of tetrazole rings is 1. The van der Waals surface area contributed by atoms with Gasteiger partial charge in [-0.2, -0.15) is 0 Å². The van der Waals surface area contributed by atoms with E-state index in [-0.39, 0.29) is 17.1 Å². The van der Waals surface area contributed by atoms with Gasteiger partial charge in [0.1, 0.15) is 12.4 Å². The highest BCUT2D eigenvalue weighted by Crippen LogP contribution is 2.27. The normalized spacial score (nSPS) is 10.8. The molecule has 0 amide bonds. The number of nitrogens with one attached hydrogen (secondary N) is 1. The van der Waals surface area contributed by atoms with Crippen LogP contribution >= 0.6 is 0 Å². The molecule has 0 aliphatic heterocycles. The van der Waals surface area contributed by atoms with Gasteiger partial charge >= 0.3 is 0 Å². The fourth-order valence-corrected chi connectivity index (χ4v) is 3.41. The molecular formula is C22H20N6O4. The zero-order valence-corrected chi connectivity index (χ0v) is 17.3. The first-order chi connectivity index (χ1) is 15.5. The fraction of sp³-hybridized carbons (Fsp3) is 0.182. The second-order valence-electron chi connectivity index (χ2n) is 7.21. The molecule has 162 valence electrons. The van der Waals surface area contributed by atoms with Gasteiger partial charge in [-0.15, -0.1) is 5.10 Å². The van der Waals surface area contributed by atoms with Crippen LogP contribution in [0.4, 0.5) is 5.69 Å². The summed E-state index contributed by atoms with van der Waals surface area (Å²) in [5, 5.41) is 24.9. The van der Waals surface area contributed by atoms with Crippen molar-refractivity contribution < 1.29 is 9.66 Å². The molecule has 0 spiro atoms. The molecule has 1 N–H and O–H groups in total. The maximum absolute atomic E-state index is 12.7. The van der Waals surface area contributed by atoms with Crippen molar-refractivity contribution in [3.63, 3.8) is 0 Å². The van der Waals surface area contributed by atoms with Gasteiger partial charge in [-0.25, -0.2) is 5.10 Å². The van der Waals surface area contributed by atoms with E-state index in [1.807, 2.05) is 36.4 Å². The highest BCUT2D eigenvalue weighted by molar-refractivity contribution is 5.58. The summed E-state index contributed by atoms with van der Waals surface area (Å²) < 4.78 is 7.41. The van der Waals surface area contributed by atoms with E-state index >= 15 is 0 Å². The number of nitro groups is 1. The monoisotopic (exact) mass is 432 g/mol. The Bertz CT molecular complexity index is 1290. The first-order valence-electron chi connectivity index (χ1n) is 9.89. The maximum atomic E-state index is 12.7. The molecule has 0 saturated carbocycles. The number of ether oxygens (including phenoxy) is 1. The molecule has 10 heteroatoms. The molecule has 0 radical (unpaired) electrons. The van der Waals surface area contributed by atoms with Crippen molar-refractivity contribution >= 4 is 5.69 Å². The second-order valence-corrected chi connectivity index (χ2v) is 7.21. The molecule has 10 nitrogen and oxygen atoms in total. The van der Waals surface area contributed by atoms with Crippen molar-refractivity contribution in [3.05, 3.63) is 98.0 Å². The molecule has 0 bridgehead atoms. The lowest BCUT2D eigenvalue weighted by Gasteiger charge is -2.13. The van der Waals surface area contributed by atoms with E-state index in [0.29, 0.717) is 36.3 Å². The average molecular weight is 432 g/mol. The van der Waals surface area contributed by atoms with E-state index < -0.39 is 4.92 Å². The number of aryl methyl sites for hydroxylation is 3. The molecule has 0 aliphatic rings. The minimum atomic E-state index is -0.436. The maximum Gasteiger partial charge on any atom is 0.269 e. The highest BCUT2D eigenvalue weighted by Gasteiger charge is 2.17. The predicted molar refractivity (Wildman–Crippen MR) is 116 cm³/mol. The van der Waals surface area contributed by atoms with E-state index in [1.165, 1.54) is 16.7 Å². The number of nitrogens with zero attached hydrogens (tertiary/aromatic N) is 5. The van der Waals surface area contributed by atoms with E-state index in [2.05, 4.69) is 20.6 Å². The van der Waals surface area contributed by atoms with Crippen molar-refractivity contribution in [1.29, 1.82) is 0 Å². The second kappa shape index (κ2) is 9.21. The highest BCUT2D eigenvalue weighted by atomic mass is 16.6. The largest absolute Gasteiger partial charge is 0.489 e. The molecule has 0 saturated heterocycles. The number of pyridine rings is 1. The molecular weight excluding hydrogens is 412 g/mol. The number of H-pyrrole nitrogens is 1. The number of benzene rings is 2. The lowest BCUT2D eigenvalue weighted by Crippen LogP contribution is -2.20. The third-order valence-electron chi connectivity index (χ3n) is 5.09. The molecule has 0 atom stereocenters. The lowest BCUT2D eigenvalue weighted by atomic mass is 10.00. The third-order valence-corrected chi connectivity index (χ3v) is 5.09. The zero-order valence-electron chi connectivity index (χ0n) is 17.3. The van der Waals surface area contributed by atoms with Crippen LogP contribution in [0.5, 0.6) is 5.75 Å². The van der Waals surface area contributed by atoms with E-state index in [4.69, 9.17) is 4.74 Å². The molecule has 2 aromatic carbocycles. The summed E-state index contributed by atoms with van der Waals surface area (Å²) >= 11 is 0. The Morgan fingerprint density at radius 1 is 1.09 bits per heavy atom. The molecule has 0 aliphatic carbocycles. The van der Waals surface area contributed by atoms with E-state index in [9.17, 15) is 14.9 Å². The summed E-state index contributed by atoms with van der Waals surface area (Å²) in [7, 11) is 1.65. The number of nitro benzene ring substituents is 1. The van der Waals surface area contributed by atoms with Gasteiger partial charge in [0.15, 0.2) is 5.82 Å². The number of aromatic amines is 1. The van der Waals surface area contributed by atoms with Crippen molar-refractivity contribution in [2.75, 3.05) is 0 Å². The van der Waals surface area contributed by atoms with Crippen LogP contribution in [-0.2, 0) is 26.5 Å². The molecule has 2 heterocycles. The van der Waals surface area contributed by atoms with Gasteiger partial charge in [-0.1, -0.05) is 30.3 Å². The molecule has 2 aromatic heterocycles. The number of aromatic nitrogens is 5. The van der Waals surface area contributed by atoms with Gasteiger partial charge in [-0.3, -0.25) is 14.9 Å². The Hall–Kier alpha value is -4.34. The van der Waals surface area contributed by atoms with Crippen LogP contribution in [-0.4, -0.2) is 30.1 Å². The van der Waals surface area contributed by atoms with E-state index in [0.717, 1.165) is 11.1 Å². The van der Waals surface area contributed by atoms with E-state index in [1.54, 1.807) is 19.3 Å². The van der Waals surface area contributed by atoms with Gasteiger partial charge in [0.25, 0.3) is 11.2 Å². The number of hydrogen-bond acceptors (Lipinski definition) is 7. The van der Waals surface area contributed by atoms with Gasteiger partial charge in [0, 0.05) is 30.9 Å². The Kier molecular flexibility index (Phi) is 6.02. The fourth-order valence-electron chi connectivity index (χ4n) is 3.41. The number of rotatable bonds is 8. The number of hydrogen-bond donors (Lipinski definition) is 1. The average Bonchev–Trinajstić information content (AvgIpc) is 3.33. The topological polar surface area (TPSA) is 129 Å². The van der Waals surface area contributed by atoms with Gasteiger partial charge in [-0.05, 0) is 46.5 Å². The first kappa shape index (κ1) is 20.9. The van der Waals surface area contributed by atoms with Crippen LogP contribution in [0.3, 0.4) is 0 Å². The smallest absolute Gasteiger partial charge is 0.269 e. The summed E-state index contributed by atoms with van der Waals surface area (Å²) in [4.78, 5) is 23.6. The Labute approximate surface area is 182 Å². The summed E-state index contributed by atoms with van der Waals surface area (Å²) in [6.45, 7) is 0.340. The standard InChI is InChI=1S/C22H20N6O4/c1-27-12-11-16(20(22(27)29)21-23-25-26-24-21)7-8-17-13-18(28(30)31)9-10-19(17)32-14-15-5-3-2-4-6-15/h2-6,9-13H,7-8,14H2,1H3,(H,23,24,25,26). The molecule has 0 fully saturated rings. The summed E-state index contributed by atoms with van der Waals surface area (Å²) in [6.07, 6.45) is 2.54. The Morgan fingerprint density at radius 3 is 2.59 bits per heavy atom. The van der Waals surface area contributed by atoms with Crippen molar-refractivity contribution in [1.82, 2.24) is 25.2 Å². The van der Waals surface area contributed by atoms with Crippen LogP contribution in [0.1, 0.15) is 16.7 Å². The van der Waals surface area contributed by atoms with Crippen LogP contribution in [0.15, 0.2) is 65.6 Å². The molecule has 32 heavy (non-hydrogen) atoms. The summed E-state index contributed by atoms with van der Waals surface area (Å²) in [5.74, 6) is 0.840. The van der Waals surface area contributed by atoms with Crippen molar-refractivity contribution in [2.24, 2.45) is 7.05 Å². The summed E-state index contributed by atoms with van der Waals surface area (Å²) in [6, 6.07) is 16.0. The quantitative estimate of drug-likeness (QED) is 0.335. The van der Waals surface area contributed by atoms with Gasteiger partial charge in [0.2, 0.25) is 0 Å². The predicted octanol–water partition coefficient (Wildman–Crippen LogP) is 2.84. The molecule has 4 aromatic rings. The van der Waals surface area contributed by atoms with Crippen LogP contribution in [0.25, 0.3) is 11.4 Å². The van der Waals surface area contributed by atoms with Gasteiger partial charge < -0.3 is 9.30 Å². The molecule has 0 unspecified atom stereocenters. The lowest BCUT2D eigenvalue weighted by molar-refractivity contribution is -0.384. The zero-order chi connectivity index (χ0) is 22.5. The minimum Gasteiger partial charge on any atom is -0.489 e. The third kappa shape index (κ3) is 4.53. The minimum absolute atomic E-state index is 0.0179. The number of non-ortho nitro benzene ring substituents is 1. The first-order valence-corrected chi connectivity index (χ1v) is 9.89. The van der Waals surface area contributed by atoms with Gasteiger partial charge in [0.05, 0.1) is 10.5 Å². The van der Waals surface area contributed by atoms with Crippen molar-refractivity contribution in [2.45, 2.75) is 19.4 Å².